The summed E-state index contributed by atoms with van der Waals surface area (Å²) in [5.41, 5.74) is 1.68. The van der Waals surface area contributed by atoms with Crippen LogP contribution in [0.1, 0.15) is 22.4 Å². The molecule has 0 atom stereocenters. The van der Waals surface area contributed by atoms with E-state index in [-0.39, 0.29) is 6.54 Å². The Kier molecular flexibility index (Phi) is 6.24. The van der Waals surface area contributed by atoms with Crippen molar-refractivity contribution in [1.82, 2.24) is 14.9 Å². The van der Waals surface area contributed by atoms with Crippen LogP contribution >= 0.6 is 11.6 Å². The number of benzene rings is 3. The number of halogens is 4. The molecule has 1 N–H and O–H groups in total. The average Bonchev–Trinajstić information content (AvgIpc) is 3.29. The molecule has 0 bridgehead atoms. The van der Waals surface area contributed by atoms with E-state index >= 15 is 0 Å². The van der Waals surface area contributed by atoms with Gasteiger partial charge in [-0.3, -0.25) is 4.79 Å². The zero-order valence-electron chi connectivity index (χ0n) is 17.3. The van der Waals surface area contributed by atoms with Gasteiger partial charge >= 0.3 is 12.1 Å². The van der Waals surface area contributed by atoms with Crippen molar-refractivity contribution < 1.29 is 18.0 Å². The lowest BCUT2D eigenvalue weighted by Crippen LogP contribution is -2.41. The Labute approximate surface area is 193 Å². The van der Waals surface area contributed by atoms with Gasteiger partial charge in [-0.2, -0.15) is 13.2 Å². The molecule has 168 valence electrons. The minimum atomic E-state index is -4.98. The van der Waals surface area contributed by atoms with E-state index in [0.29, 0.717) is 16.3 Å². The fourth-order valence-electron chi connectivity index (χ4n) is 4.03. The number of nitrogens with zero attached hydrogens (tertiary/aromatic N) is 2. The third-order valence-corrected chi connectivity index (χ3v) is 5.74. The Balaban J connectivity index is 1.99. The zero-order chi connectivity index (χ0) is 23.5. The molecule has 0 saturated carbocycles. The minimum absolute atomic E-state index is 0.371. The number of aromatic nitrogens is 2. The van der Waals surface area contributed by atoms with Crippen LogP contribution in [0.2, 0.25) is 5.02 Å². The summed E-state index contributed by atoms with van der Waals surface area (Å²) in [5.74, 6) is -2.02. The highest BCUT2D eigenvalue weighted by atomic mass is 35.5. The summed E-state index contributed by atoms with van der Waals surface area (Å²) < 4.78 is 40.2. The molecule has 4 rings (SSSR count). The van der Waals surface area contributed by atoms with Crippen LogP contribution in [0.5, 0.6) is 0 Å². The van der Waals surface area contributed by atoms with E-state index in [9.17, 15) is 18.0 Å². The molecule has 4 nitrogen and oxygen atoms in total. The van der Waals surface area contributed by atoms with Crippen molar-refractivity contribution in [3.05, 3.63) is 125 Å². The second kappa shape index (κ2) is 9.11. The van der Waals surface area contributed by atoms with Crippen LogP contribution < -0.4 is 5.32 Å². The molecule has 8 heteroatoms. The van der Waals surface area contributed by atoms with Crippen LogP contribution in [0.4, 0.5) is 13.2 Å². The number of hydrogen-bond acceptors (Lipinski definition) is 2. The van der Waals surface area contributed by atoms with Gasteiger partial charge in [0, 0.05) is 16.8 Å². The molecule has 1 amide bonds. The number of nitrogens with one attached hydrogen (secondary N) is 1. The second-order valence-electron chi connectivity index (χ2n) is 7.36. The highest BCUT2D eigenvalue weighted by Gasteiger charge is 2.42. The highest BCUT2D eigenvalue weighted by molar-refractivity contribution is 6.31. The minimum Gasteiger partial charge on any atom is -0.343 e. The van der Waals surface area contributed by atoms with Gasteiger partial charge in [0.05, 0.1) is 18.6 Å². The summed E-state index contributed by atoms with van der Waals surface area (Å²) in [4.78, 5) is 15.7. The number of hydrogen-bond donors (Lipinski definition) is 1. The predicted molar refractivity (Wildman–Crippen MR) is 120 cm³/mol. The summed E-state index contributed by atoms with van der Waals surface area (Å²) in [6.07, 6.45) is -2.00. The topological polar surface area (TPSA) is 46.9 Å². The quantitative estimate of drug-likeness (QED) is 0.376. The van der Waals surface area contributed by atoms with Gasteiger partial charge in [-0.15, -0.1) is 0 Å². The van der Waals surface area contributed by atoms with Crippen LogP contribution in [-0.4, -0.2) is 21.6 Å². The van der Waals surface area contributed by atoms with E-state index in [1.165, 1.54) is 6.20 Å². The Morgan fingerprint density at radius 1 is 0.879 bits per heavy atom. The summed E-state index contributed by atoms with van der Waals surface area (Å²) >= 11 is 6.71. The van der Waals surface area contributed by atoms with Gasteiger partial charge in [0.1, 0.15) is 5.54 Å². The third kappa shape index (κ3) is 4.24. The standard InChI is InChI=1S/C25H19ClF3N3O/c26-22-14-8-7-13-21(22)24(18-9-3-1-4-10-18,19-11-5-2-6-12-19)32-17-30-15-20(32)16-31-23(33)25(27,28)29/h1-15,17H,16H2,(H,31,33). The Bertz CT molecular complexity index is 1200. The monoisotopic (exact) mass is 469 g/mol. The summed E-state index contributed by atoms with van der Waals surface area (Å²) in [6, 6.07) is 26.3. The molecule has 33 heavy (non-hydrogen) atoms. The van der Waals surface area contributed by atoms with Gasteiger partial charge in [0.2, 0.25) is 0 Å². The van der Waals surface area contributed by atoms with Crippen molar-refractivity contribution in [3.63, 3.8) is 0 Å². The van der Waals surface area contributed by atoms with Gasteiger partial charge in [-0.1, -0.05) is 90.5 Å². The molecule has 0 aliphatic heterocycles. The Morgan fingerprint density at radius 3 is 1.97 bits per heavy atom. The lowest BCUT2D eigenvalue weighted by molar-refractivity contribution is -0.173. The maximum Gasteiger partial charge on any atom is 0.471 e. The van der Waals surface area contributed by atoms with E-state index < -0.39 is 17.6 Å². The first-order chi connectivity index (χ1) is 15.8. The number of alkyl halides is 3. The van der Waals surface area contributed by atoms with Crippen LogP contribution in [0.3, 0.4) is 0 Å². The van der Waals surface area contributed by atoms with Crippen molar-refractivity contribution in [2.75, 3.05) is 0 Å². The average molecular weight is 470 g/mol. The van der Waals surface area contributed by atoms with Crippen LogP contribution in [0.15, 0.2) is 97.5 Å². The molecule has 0 aliphatic rings. The van der Waals surface area contributed by atoms with Gasteiger partial charge in [0.15, 0.2) is 0 Å². The smallest absolute Gasteiger partial charge is 0.343 e. The lowest BCUT2D eigenvalue weighted by Gasteiger charge is -2.39. The zero-order valence-corrected chi connectivity index (χ0v) is 18.0. The van der Waals surface area contributed by atoms with Gasteiger partial charge < -0.3 is 9.88 Å². The lowest BCUT2D eigenvalue weighted by atomic mass is 9.76. The molecule has 0 radical (unpaired) electrons. The number of imidazole rings is 1. The van der Waals surface area contributed by atoms with E-state index in [2.05, 4.69) is 4.98 Å². The molecule has 4 aromatic rings. The van der Waals surface area contributed by atoms with Gasteiger partial charge in [0.25, 0.3) is 0 Å². The van der Waals surface area contributed by atoms with E-state index in [0.717, 1.165) is 11.1 Å². The van der Waals surface area contributed by atoms with Crippen LogP contribution in [0, 0.1) is 0 Å². The largest absolute Gasteiger partial charge is 0.471 e. The first-order valence-corrected chi connectivity index (χ1v) is 10.5. The predicted octanol–water partition coefficient (Wildman–Crippen LogP) is 5.56. The number of carbonyl (C=O) groups is 1. The first-order valence-electron chi connectivity index (χ1n) is 10.1. The number of rotatable bonds is 6. The molecular weight excluding hydrogens is 451 g/mol. The molecular formula is C25H19ClF3N3O. The van der Waals surface area contributed by atoms with Crippen molar-refractivity contribution >= 4 is 17.5 Å². The molecule has 0 unspecified atom stereocenters. The third-order valence-electron chi connectivity index (χ3n) is 5.41. The molecule has 0 fully saturated rings. The van der Waals surface area contributed by atoms with Crippen molar-refractivity contribution in [2.24, 2.45) is 0 Å². The Morgan fingerprint density at radius 2 is 1.42 bits per heavy atom. The molecule has 0 aliphatic carbocycles. The molecule has 0 saturated heterocycles. The molecule has 0 spiro atoms. The van der Waals surface area contributed by atoms with Crippen LogP contribution in [-0.2, 0) is 16.9 Å². The molecule has 3 aromatic carbocycles. The van der Waals surface area contributed by atoms with E-state index in [1.54, 1.807) is 17.0 Å². The van der Waals surface area contributed by atoms with Gasteiger partial charge in [-0.25, -0.2) is 4.98 Å². The molecule has 1 heterocycles. The SMILES string of the molecule is O=C(NCc1cncn1C(c1ccccc1)(c1ccccc1)c1ccccc1Cl)C(F)(F)F. The molecule has 1 aromatic heterocycles. The van der Waals surface area contributed by atoms with Gasteiger partial charge in [-0.05, 0) is 17.2 Å². The first kappa shape index (κ1) is 22.6. The fourth-order valence-corrected chi connectivity index (χ4v) is 4.30. The highest BCUT2D eigenvalue weighted by Crippen LogP contribution is 2.44. The summed E-state index contributed by atoms with van der Waals surface area (Å²) in [5, 5.41) is 2.42. The fraction of sp³-hybridized carbons (Fsp3) is 0.120. The number of amides is 1. The second-order valence-corrected chi connectivity index (χ2v) is 7.76. The Hall–Kier alpha value is -3.58. The number of carbonyl (C=O) groups excluding carboxylic acids is 1. The van der Waals surface area contributed by atoms with E-state index in [1.807, 2.05) is 84.2 Å². The van der Waals surface area contributed by atoms with Crippen molar-refractivity contribution in [2.45, 2.75) is 18.3 Å². The maximum atomic E-state index is 12.8. The van der Waals surface area contributed by atoms with E-state index in [4.69, 9.17) is 11.6 Å². The summed E-state index contributed by atoms with van der Waals surface area (Å²) in [6.45, 7) is -0.371. The summed E-state index contributed by atoms with van der Waals surface area (Å²) in [7, 11) is 0. The van der Waals surface area contributed by atoms with Crippen molar-refractivity contribution in [1.29, 1.82) is 0 Å². The maximum absolute atomic E-state index is 12.8. The van der Waals surface area contributed by atoms with Crippen molar-refractivity contribution in [3.8, 4) is 0 Å². The normalized spacial score (nSPS) is 11.9. The van der Waals surface area contributed by atoms with Crippen LogP contribution in [0.25, 0.3) is 0 Å².